The minimum atomic E-state index is 0.131. The van der Waals surface area contributed by atoms with Crippen molar-refractivity contribution in [3.05, 3.63) is 65.9 Å². The molecule has 0 bridgehead atoms. The number of amides is 1. The van der Waals surface area contributed by atoms with E-state index in [-0.39, 0.29) is 11.9 Å². The summed E-state index contributed by atoms with van der Waals surface area (Å²) in [5.74, 6) is 0.504. The van der Waals surface area contributed by atoms with Crippen molar-refractivity contribution in [3.63, 3.8) is 0 Å². The number of nitrogens with zero attached hydrogens (tertiary/aromatic N) is 3. The molecule has 1 amide bonds. The molecule has 0 spiro atoms. The van der Waals surface area contributed by atoms with Gasteiger partial charge in [0.1, 0.15) is 5.03 Å². The van der Waals surface area contributed by atoms with Crippen LogP contribution >= 0.6 is 11.8 Å². The smallest absolute Gasteiger partial charge is 0.233 e. The summed E-state index contributed by atoms with van der Waals surface area (Å²) in [5.41, 5.74) is 2.67. The summed E-state index contributed by atoms with van der Waals surface area (Å²) in [6, 6.07) is 16.7. The van der Waals surface area contributed by atoms with Gasteiger partial charge < -0.3 is 4.90 Å². The molecule has 4 rings (SSSR count). The SMILES string of the molecule is CN(C(=O)CSc1nncc2ccccc12)C1CCCc2ccccc21. The number of hydrogen-bond donors (Lipinski definition) is 0. The highest BCUT2D eigenvalue weighted by atomic mass is 32.2. The molecule has 0 fully saturated rings. The van der Waals surface area contributed by atoms with E-state index in [1.807, 2.05) is 36.2 Å². The van der Waals surface area contributed by atoms with Gasteiger partial charge in [0, 0.05) is 17.8 Å². The van der Waals surface area contributed by atoms with Gasteiger partial charge in [-0.15, -0.1) is 5.10 Å². The topological polar surface area (TPSA) is 46.1 Å². The maximum absolute atomic E-state index is 12.8. The summed E-state index contributed by atoms with van der Waals surface area (Å²) < 4.78 is 0. The molecule has 1 heterocycles. The Morgan fingerprint density at radius 3 is 2.92 bits per heavy atom. The molecule has 4 nitrogen and oxygen atoms in total. The number of thioether (sulfide) groups is 1. The first-order chi connectivity index (χ1) is 12.7. The van der Waals surface area contributed by atoms with Crippen LogP contribution in [0.2, 0.25) is 0 Å². The lowest BCUT2D eigenvalue weighted by molar-refractivity contribution is -0.129. The molecule has 1 unspecified atom stereocenters. The Bertz CT molecular complexity index is 938. The zero-order valence-electron chi connectivity index (χ0n) is 14.8. The van der Waals surface area contributed by atoms with Crippen LogP contribution in [0.25, 0.3) is 10.8 Å². The van der Waals surface area contributed by atoms with E-state index < -0.39 is 0 Å². The van der Waals surface area contributed by atoms with Crippen LogP contribution in [0.15, 0.2) is 59.8 Å². The van der Waals surface area contributed by atoms with Gasteiger partial charge in [0.2, 0.25) is 5.91 Å². The monoisotopic (exact) mass is 363 g/mol. The van der Waals surface area contributed by atoms with E-state index in [1.165, 1.54) is 22.9 Å². The number of hydrogen-bond acceptors (Lipinski definition) is 4. The quantitative estimate of drug-likeness (QED) is 0.650. The summed E-state index contributed by atoms with van der Waals surface area (Å²) in [6.45, 7) is 0. The van der Waals surface area contributed by atoms with Gasteiger partial charge in [0.25, 0.3) is 0 Å². The second-order valence-electron chi connectivity index (χ2n) is 6.64. The Morgan fingerprint density at radius 1 is 1.19 bits per heavy atom. The number of rotatable bonds is 4. The Kier molecular flexibility index (Phi) is 4.89. The average molecular weight is 363 g/mol. The molecule has 0 saturated heterocycles. The molecule has 1 aromatic heterocycles. The number of carbonyl (C=O) groups excluding carboxylic acids is 1. The molecule has 5 heteroatoms. The zero-order valence-corrected chi connectivity index (χ0v) is 15.6. The molecule has 0 radical (unpaired) electrons. The van der Waals surface area contributed by atoms with Gasteiger partial charge in [-0.1, -0.05) is 60.3 Å². The van der Waals surface area contributed by atoms with Crippen LogP contribution < -0.4 is 0 Å². The predicted molar refractivity (Wildman–Crippen MR) is 105 cm³/mol. The number of fused-ring (bicyclic) bond motifs is 2. The lowest BCUT2D eigenvalue weighted by Gasteiger charge is -2.33. The summed E-state index contributed by atoms with van der Waals surface area (Å²) in [7, 11) is 1.92. The Labute approximate surface area is 157 Å². The number of aryl methyl sites for hydroxylation is 1. The summed E-state index contributed by atoms with van der Waals surface area (Å²) in [6.07, 6.45) is 5.01. The van der Waals surface area contributed by atoms with Crippen molar-refractivity contribution < 1.29 is 4.79 Å². The standard InChI is InChI=1S/C21H21N3OS/c1-24(19-12-6-9-15-7-2-4-10-17(15)19)20(25)14-26-21-18-11-5-3-8-16(18)13-22-23-21/h2-5,7-8,10-11,13,19H,6,9,12,14H2,1H3. The third-order valence-electron chi connectivity index (χ3n) is 5.07. The minimum Gasteiger partial charge on any atom is -0.338 e. The minimum absolute atomic E-state index is 0.131. The second-order valence-corrected chi connectivity index (χ2v) is 7.60. The molecule has 1 aliphatic rings. The molecule has 3 aromatic rings. The van der Waals surface area contributed by atoms with Crippen LogP contribution in [0.1, 0.15) is 30.0 Å². The van der Waals surface area contributed by atoms with Gasteiger partial charge in [-0.05, 0) is 30.4 Å². The van der Waals surface area contributed by atoms with E-state index in [9.17, 15) is 4.79 Å². The molecule has 132 valence electrons. The van der Waals surface area contributed by atoms with Crippen molar-refractivity contribution in [2.45, 2.75) is 30.3 Å². The van der Waals surface area contributed by atoms with Crippen LogP contribution in [0.3, 0.4) is 0 Å². The van der Waals surface area contributed by atoms with Gasteiger partial charge in [0.05, 0.1) is 18.0 Å². The molecular formula is C21H21N3OS. The normalized spacial score (nSPS) is 16.3. The fraction of sp³-hybridized carbons (Fsp3) is 0.286. The van der Waals surface area contributed by atoms with Crippen molar-refractivity contribution in [2.75, 3.05) is 12.8 Å². The highest BCUT2D eigenvalue weighted by molar-refractivity contribution is 8.00. The largest absolute Gasteiger partial charge is 0.338 e. The van der Waals surface area contributed by atoms with Crippen molar-refractivity contribution in [1.82, 2.24) is 15.1 Å². The molecule has 0 N–H and O–H groups in total. The Morgan fingerprint density at radius 2 is 2.00 bits per heavy atom. The maximum Gasteiger partial charge on any atom is 0.233 e. The van der Waals surface area contributed by atoms with Gasteiger partial charge >= 0.3 is 0 Å². The van der Waals surface area contributed by atoms with Gasteiger partial charge in [-0.3, -0.25) is 4.79 Å². The summed E-state index contributed by atoms with van der Waals surface area (Å²) in [4.78, 5) is 14.7. The first kappa shape index (κ1) is 17.0. The zero-order chi connectivity index (χ0) is 17.9. The molecule has 1 atom stereocenters. The molecular weight excluding hydrogens is 342 g/mol. The van der Waals surface area contributed by atoms with Crippen LogP contribution in [-0.4, -0.2) is 33.8 Å². The molecule has 1 aliphatic carbocycles. The van der Waals surface area contributed by atoms with Crippen molar-refractivity contribution in [3.8, 4) is 0 Å². The molecule has 0 aliphatic heterocycles. The highest BCUT2D eigenvalue weighted by Crippen LogP contribution is 2.34. The third kappa shape index (κ3) is 3.31. The van der Waals surface area contributed by atoms with Crippen LogP contribution in [0.4, 0.5) is 0 Å². The maximum atomic E-state index is 12.8. The van der Waals surface area contributed by atoms with Gasteiger partial charge in [-0.25, -0.2) is 0 Å². The molecule has 2 aromatic carbocycles. The van der Waals surface area contributed by atoms with Crippen LogP contribution in [-0.2, 0) is 11.2 Å². The van der Waals surface area contributed by atoms with E-state index in [1.54, 1.807) is 6.20 Å². The lowest BCUT2D eigenvalue weighted by Crippen LogP contribution is -2.34. The van der Waals surface area contributed by atoms with Gasteiger partial charge in [-0.2, -0.15) is 5.10 Å². The number of aromatic nitrogens is 2. The third-order valence-corrected chi connectivity index (χ3v) is 6.03. The van der Waals surface area contributed by atoms with Gasteiger partial charge in [0.15, 0.2) is 0 Å². The van der Waals surface area contributed by atoms with Crippen molar-refractivity contribution in [1.29, 1.82) is 0 Å². The predicted octanol–water partition coefficient (Wildman–Crippen LogP) is 4.26. The van der Waals surface area contributed by atoms with E-state index in [0.717, 1.165) is 35.1 Å². The average Bonchev–Trinajstić information content (AvgIpc) is 2.71. The highest BCUT2D eigenvalue weighted by Gasteiger charge is 2.26. The first-order valence-electron chi connectivity index (χ1n) is 8.91. The van der Waals surface area contributed by atoms with E-state index in [2.05, 4.69) is 34.5 Å². The van der Waals surface area contributed by atoms with E-state index in [0.29, 0.717) is 5.75 Å². The number of benzene rings is 2. The van der Waals surface area contributed by atoms with Crippen LogP contribution in [0.5, 0.6) is 0 Å². The van der Waals surface area contributed by atoms with E-state index in [4.69, 9.17) is 0 Å². The molecule has 0 saturated carbocycles. The Hall–Kier alpha value is -2.40. The fourth-order valence-corrected chi connectivity index (χ4v) is 4.55. The Balaban J connectivity index is 1.48. The summed E-state index contributed by atoms with van der Waals surface area (Å²) >= 11 is 1.47. The molecule has 26 heavy (non-hydrogen) atoms. The van der Waals surface area contributed by atoms with E-state index >= 15 is 0 Å². The van der Waals surface area contributed by atoms with Crippen LogP contribution in [0, 0.1) is 0 Å². The number of carbonyl (C=O) groups is 1. The second kappa shape index (κ2) is 7.46. The summed E-state index contributed by atoms with van der Waals surface area (Å²) in [5, 5.41) is 11.2. The fourth-order valence-electron chi connectivity index (χ4n) is 3.64. The lowest BCUT2D eigenvalue weighted by atomic mass is 9.87. The van der Waals surface area contributed by atoms with Crippen molar-refractivity contribution >= 4 is 28.4 Å². The van der Waals surface area contributed by atoms with Crippen molar-refractivity contribution in [2.24, 2.45) is 0 Å². The first-order valence-corrected chi connectivity index (χ1v) is 9.89.